The lowest BCUT2D eigenvalue weighted by Crippen LogP contribution is -2.10. The van der Waals surface area contributed by atoms with Crippen molar-refractivity contribution in [3.05, 3.63) is 71.3 Å². The highest BCUT2D eigenvalue weighted by Gasteiger charge is 2.26. The molecule has 2 nitrogen and oxygen atoms in total. The van der Waals surface area contributed by atoms with Gasteiger partial charge in [-0.25, -0.2) is 0 Å². The second-order valence-electron chi connectivity index (χ2n) is 7.66. The molecule has 0 fully saturated rings. The molecule has 0 heterocycles. The van der Waals surface area contributed by atoms with Crippen LogP contribution in [0.15, 0.2) is 54.6 Å². The Labute approximate surface area is 164 Å². The van der Waals surface area contributed by atoms with Crippen LogP contribution in [0.1, 0.15) is 55.1 Å². The van der Waals surface area contributed by atoms with Gasteiger partial charge in [0, 0.05) is 12.0 Å². The van der Waals surface area contributed by atoms with Crippen LogP contribution in [0, 0.1) is 0 Å². The van der Waals surface area contributed by atoms with Crippen LogP contribution >= 0.6 is 0 Å². The first-order chi connectivity index (χ1) is 13.0. The maximum atomic E-state index is 12.3. The number of hydrogen-bond donors (Lipinski definition) is 0. The predicted molar refractivity (Wildman–Crippen MR) is 106 cm³/mol. The van der Waals surface area contributed by atoms with E-state index in [1.165, 1.54) is 11.6 Å². The van der Waals surface area contributed by atoms with Crippen LogP contribution in [0.25, 0.3) is 6.08 Å². The molecule has 5 heteroatoms. The van der Waals surface area contributed by atoms with E-state index in [1.54, 1.807) is 30.3 Å². The third kappa shape index (κ3) is 7.22. The standard InChI is InChI=1S/C23H25F3O2/c1-22(2,3)19-10-5-17(6-11-19)7-14-21(27)18-8-12-20(13-9-18)28-16-4-15-23(24,25)26/h5-14H,4,15-16H2,1-3H3. The normalized spacial score (nSPS) is 12.4. The Hall–Kier alpha value is -2.56. The molecule has 0 radical (unpaired) electrons. The van der Waals surface area contributed by atoms with E-state index in [0.717, 1.165) is 5.56 Å². The molecule has 2 aromatic carbocycles. The molecule has 0 N–H and O–H groups in total. The lowest BCUT2D eigenvalue weighted by molar-refractivity contribution is -0.136. The van der Waals surface area contributed by atoms with Crippen LogP contribution in [0.3, 0.4) is 0 Å². The lowest BCUT2D eigenvalue weighted by atomic mass is 9.87. The zero-order valence-electron chi connectivity index (χ0n) is 16.3. The number of alkyl halides is 3. The number of ether oxygens (including phenoxy) is 1. The average molecular weight is 390 g/mol. The minimum atomic E-state index is -4.17. The summed E-state index contributed by atoms with van der Waals surface area (Å²) in [4.78, 5) is 12.3. The first kappa shape index (κ1) is 21.7. The van der Waals surface area contributed by atoms with Gasteiger partial charge in [-0.3, -0.25) is 4.79 Å². The van der Waals surface area contributed by atoms with Crippen LogP contribution in [0.4, 0.5) is 13.2 Å². The first-order valence-corrected chi connectivity index (χ1v) is 9.17. The summed E-state index contributed by atoms with van der Waals surface area (Å²) >= 11 is 0. The molecule has 0 unspecified atom stereocenters. The number of rotatable bonds is 7. The van der Waals surface area contributed by atoms with Crippen LogP contribution in [0.5, 0.6) is 5.75 Å². The van der Waals surface area contributed by atoms with Gasteiger partial charge >= 0.3 is 6.18 Å². The smallest absolute Gasteiger partial charge is 0.389 e. The summed E-state index contributed by atoms with van der Waals surface area (Å²) in [6, 6.07) is 14.4. The van der Waals surface area contributed by atoms with Crippen molar-refractivity contribution in [2.75, 3.05) is 6.61 Å². The van der Waals surface area contributed by atoms with Gasteiger partial charge in [-0.1, -0.05) is 51.1 Å². The Morgan fingerprint density at radius 2 is 1.57 bits per heavy atom. The minimum absolute atomic E-state index is 0.0166. The number of ketones is 1. The van der Waals surface area contributed by atoms with Gasteiger partial charge in [0.25, 0.3) is 0 Å². The van der Waals surface area contributed by atoms with E-state index in [0.29, 0.717) is 11.3 Å². The number of benzene rings is 2. The third-order valence-corrected chi connectivity index (χ3v) is 4.22. The van der Waals surface area contributed by atoms with Gasteiger partial charge in [-0.2, -0.15) is 13.2 Å². The number of halogens is 3. The average Bonchev–Trinajstić information content (AvgIpc) is 2.62. The van der Waals surface area contributed by atoms with Gasteiger partial charge in [0.1, 0.15) is 5.75 Å². The summed E-state index contributed by atoms with van der Waals surface area (Å²) in [6.45, 7) is 6.42. The highest BCUT2D eigenvalue weighted by atomic mass is 19.4. The second kappa shape index (κ2) is 9.09. The van der Waals surface area contributed by atoms with Crippen molar-refractivity contribution >= 4 is 11.9 Å². The quantitative estimate of drug-likeness (QED) is 0.302. The summed E-state index contributed by atoms with van der Waals surface area (Å²) in [6.07, 6.45) is -1.87. The van der Waals surface area contributed by atoms with Crippen molar-refractivity contribution in [1.29, 1.82) is 0 Å². The Kier molecular flexibility index (Phi) is 7.05. The third-order valence-electron chi connectivity index (χ3n) is 4.22. The van der Waals surface area contributed by atoms with E-state index in [4.69, 9.17) is 4.74 Å². The van der Waals surface area contributed by atoms with Gasteiger partial charge in [0.2, 0.25) is 0 Å². The van der Waals surface area contributed by atoms with Gasteiger partial charge in [0.05, 0.1) is 6.61 Å². The molecule has 150 valence electrons. The van der Waals surface area contributed by atoms with E-state index in [1.807, 2.05) is 12.1 Å². The highest BCUT2D eigenvalue weighted by Crippen LogP contribution is 2.23. The van der Waals surface area contributed by atoms with Crippen LogP contribution in [-0.2, 0) is 5.41 Å². The monoisotopic (exact) mass is 390 g/mol. The van der Waals surface area contributed by atoms with E-state index < -0.39 is 12.6 Å². The molecule has 2 rings (SSSR count). The molecule has 0 saturated heterocycles. The Morgan fingerprint density at radius 1 is 0.964 bits per heavy atom. The Morgan fingerprint density at radius 3 is 2.11 bits per heavy atom. The highest BCUT2D eigenvalue weighted by molar-refractivity contribution is 6.06. The summed E-state index contributed by atoms with van der Waals surface area (Å²) < 4.78 is 41.5. The van der Waals surface area contributed by atoms with Crippen molar-refractivity contribution in [2.45, 2.75) is 45.2 Å². The van der Waals surface area contributed by atoms with Crippen molar-refractivity contribution < 1.29 is 22.7 Å². The maximum absolute atomic E-state index is 12.3. The van der Waals surface area contributed by atoms with Crippen LogP contribution in [0.2, 0.25) is 0 Å². The zero-order valence-corrected chi connectivity index (χ0v) is 16.3. The fourth-order valence-electron chi connectivity index (χ4n) is 2.54. The van der Waals surface area contributed by atoms with E-state index >= 15 is 0 Å². The number of carbonyl (C=O) groups excluding carboxylic acids is 1. The number of carbonyl (C=O) groups is 1. The molecule has 0 aliphatic carbocycles. The molecule has 0 atom stereocenters. The maximum Gasteiger partial charge on any atom is 0.389 e. The minimum Gasteiger partial charge on any atom is -0.494 e. The fraction of sp³-hybridized carbons (Fsp3) is 0.348. The summed E-state index contributed by atoms with van der Waals surface area (Å²) in [5, 5.41) is 0. The van der Waals surface area contributed by atoms with Crippen LogP contribution in [-0.4, -0.2) is 18.6 Å². The van der Waals surface area contributed by atoms with Crippen LogP contribution < -0.4 is 4.74 Å². The largest absolute Gasteiger partial charge is 0.494 e. The van der Waals surface area contributed by atoms with Crippen molar-refractivity contribution in [1.82, 2.24) is 0 Å². The molecule has 28 heavy (non-hydrogen) atoms. The van der Waals surface area contributed by atoms with Crippen molar-refractivity contribution in [2.24, 2.45) is 0 Å². The molecule has 0 spiro atoms. The lowest BCUT2D eigenvalue weighted by Gasteiger charge is -2.18. The summed E-state index contributed by atoms with van der Waals surface area (Å²) in [7, 11) is 0. The molecule has 0 saturated carbocycles. The molecule has 0 amide bonds. The van der Waals surface area contributed by atoms with Gasteiger partial charge in [0.15, 0.2) is 5.78 Å². The van der Waals surface area contributed by atoms with Gasteiger partial charge < -0.3 is 4.74 Å². The Balaban J connectivity index is 1.89. The fourth-order valence-corrected chi connectivity index (χ4v) is 2.54. The summed E-state index contributed by atoms with van der Waals surface area (Å²) in [5.74, 6) is 0.295. The predicted octanol–water partition coefficient (Wildman–Crippen LogP) is 6.60. The van der Waals surface area contributed by atoms with E-state index in [9.17, 15) is 18.0 Å². The zero-order chi connectivity index (χ0) is 20.8. The van der Waals surface area contributed by atoms with E-state index in [-0.39, 0.29) is 24.2 Å². The number of allylic oxidation sites excluding steroid dienone is 1. The molecule has 0 bridgehead atoms. The van der Waals surface area contributed by atoms with Crippen molar-refractivity contribution in [3.63, 3.8) is 0 Å². The molecular weight excluding hydrogens is 365 g/mol. The molecule has 0 aliphatic rings. The summed E-state index contributed by atoms with van der Waals surface area (Å²) in [5.41, 5.74) is 2.73. The first-order valence-electron chi connectivity index (χ1n) is 9.17. The van der Waals surface area contributed by atoms with Gasteiger partial charge in [-0.15, -0.1) is 0 Å². The molecule has 2 aromatic rings. The number of hydrogen-bond acceptors (Lipinski definition) is 2. The van der Waals surface area contributed by atoms with E-state index in [2.05, 4.69) is 32.9 Å². The molecule has 0 aliphatic heterocycles. The Bertz CT molecular complexity index is 796. The second-order valence-corrected chi connectivity index (χ2v) is 7.66. The van der Waals surface area contributed by atoms with Gasteiger partial charge in [-0.05, 0) is 53.3 Å². The molecule has 0 aromatic heterocycles. The van der Waals surface area contributed by atoms with Crippen molar-refractivity contribution in [3.8, 4) is 5.75 Å². The molecular formula is C23H25F3O2. The SMILES string of the molecule is CC(C)(C)c1ccc(C=CC(=O)c2ccc(OCCCC(F)(F)F)cc2)cc1. The topological polar surface area (TPSA) is 26.3 Å².